The van der Waals surface area contributed by atoms with E-state index in [0.717, 1.165) is 27.6 Å². The van der Waals surface area contributed by atoms with E-state index in [2.05, 4.69) is 20.5 Å². The summed E-state index contributed by atoms with van der Waals surface area (Å²) in [5.41, 5.74) is 2.99. The predicted molar refractivity (Wildman–Crippen MR) is 143 cm³/mol. The Labute approximate surface area is 221 Å². The van der Waals surface area contributed by atoms with Gasteiger partial charge in [-0.1, -0.05) is 54.2 Å². The Hall–Kier alpha value is -4.02. The van der Waals surface area contributed by atoms with Gasteiger partial charge in [0.1, 0.15) is 22.3 Å². The molecule has 37 heavy (non-hydrogen) atoms. The van der Waals surface area contributed by atoms with Gasteiger partial charge in [0.05, 0.1) is 12.9 Å². The SMILES string of the molecule is COc1cccc(-c2nnc(SCc3nc(C(=O)NCc4ccc(F)cc4)cs3)n2-c2ccccc2)c1. The van der Waals surface area contributed by atoms with Crippen molar-refractivity contribution in [3.63, 3.8) is 0 Å². The summed E-state index contributed by atoms with van der Waals surface area (Å²) < 4.78 is 20.5. The molecule has 0 aliphatic carbocycles. The zero-order chi connectivity index (χ0) is 25.6. The largest absolute Gasteiger partial charge is 0.497 e. The van der Waals surface area contributed by atoms with Gasteiger partial charge in [0.2, 0.25) is 0 Å². The molecule has 0 spiro atoms. The second kappa shape index (κ2) is 11.4. The first-order valence-electron chi connectivity index (χ1n) is 11.4. The van der Waals surface area contributed by atoms with Gasteiger partial charge in [-0.2, -0.15) is 0 Å². The van der Waals surface area contributed by atoms with Crippen molar-refractivity contribution >= 4 is 29.0 Å². The molecule has 186 valence electrons. The number of thiazole rings is 1. The molecular weight excluding hydrogens is 509 g/mol. The summed E-state index contributed by atoms with van der Waals surface area (Å²) in [6.07, 6.45) is 0. The summed E-state index contributed by atoms with van der Waals surface area (Å²) in [5.74, 6) is 1.38. The van der Waals surface area contributed by atoms with Gasteiger partial charge in [0.15, 0.2) is 11.0 Å². The van der Waals surface area contributed by atoms with Gasteiger partial charge < -0.3 is 10.1 Å². The lowest BCUT2D eigenvalue weighted by Crippen LogP contribution is -2.23. The van der Waals surface area contributed by atoms with E-state index in [-0.39, 0.29) is 11.7 Å². The summed E-state index contributed by atoms with van der Waals surface area (Å²) in [6, 6.07) is 23.6. The average molecular weight is 532 g/mol. The Morgan fingerprint density at radius 2 is 1.86 bits per heavy atom. The summed E-state index contributed by atoms with van der Waals surface area (Å²) in [5, 5.41) is 15.0. The van der Waals surface area contributed by atoms with E-state index in [0.29, 0.717) is 29.0 Å². The van der Waals surface area contributed by atoms with Crippen LogP contribution in [0.5, 0.6) is 5.75 Å². The molecule has 0 saturated carbocycles. The highest BCUT2D eigenvalue weighted by atomic mass is 32.2. The van der Waals surface area contributed by atoms with Crippen LogP contribution in [0.15, 0.2) is 89.4 Å². The van der Waals surface area contributed by atoms with Gasteiger partial charge in [-0.3, -0.25) is 9.36 Å². The highest BCUT2D eigenvalue weighted by molar-refractivity contribution is 7.98. The molecule has 0 aliphatic heterocycles. The van der Waals surface area contributed by atoms with Gasteiger partial charge in [0.25, 0.3) is 5.91 Å². The van der Waals surface area contributed by atoms with E-state index in [1.807, 2.05) is 59.2 Å². The molecule has 0 aliphatic rings. The van der Waals surface area contributed by atoms with E-state index in [1.165, 1.54) is 35.2 Å². The van der Waals surface area contributed by atoms with Crippen molar-refractivity contribution in [2.24, 2.45) is 0 Å². The number of thioether (sulfide) groups is 1. The summed E-state index contributed by atoms with van der Waals surface area (Å²) in [7, 11) is 1.63. The number of carbonyl (C=O) groups is 1. The second-order valence-electron chi connectivity index (χ2n) is 7.93. The van der Waals surface area contributed by atoms with Crippen molar-refractivity contribution in [2.45, 2.75) is 17.5 Å². The van der Waals surface area contributed by atoms with Crippen LogP contribution in [0.2, 0.25) is 0 Å². The lowest BCUT2D eigenvalue weighted by atomic mass is 10.2. The third kappa shape index (κ3) is 5.87. The van der Waals surface area contributed by atoms with Crippen LogP contribution in [0, 0.1) is 5.82 Å². The molecular formula is C27H22FN5O2S2. The highest BCUT2D eigenvalue weighted by Crippen LogP contribution is 2.31. The molecule has 1 amide bonds. The molecule has 5 rings (SSSR count). The number of para-hydroxylation sites is 1. The number of nitrogens with one attached hydrogen (secondary N) is 1. The number of ether oxygens (including phenoxy) is 1. The molecule has 7 nitrogen and oxygen atoms in total. The highest BCUT2D eigenvalue weighted by Gasteiger charge is 2.18. The zero-order valence-electron chi connectivity index (χ0n) is 19.8. The molecule has 0 unspecified atom stereocenters. The van der Waals surface area contributed by atoms with Gasteiger partial charge in [-0.15, -0.1) is 21.5 Å². The molecule has 0 bridgehead atoms. The normalized spacial score (nSPS) is 10.9. The van der Waals surface area contributed by atoms with Crippen molar-refractivity contribution in [1.82, 2.24) is 25.1 Å². The van der Waals surface area contributed by atoms with Crippen LogP contribution < -0.4 is 10.1 Å². The maximum Gasteiger partial charge on any atom is 0.271 e. The number of methoxy groups -OCH3 is 1. The summed E-state index contributed by atoms with van der Waals surface area (Å²) in [4.78, 5) is 17.0. The summed E-state index contributed by atoms with van der Waals surface area (Å²) >= 11 is 2.91. The number of hydrogen-bond acceptors (Lipinski definition) is 7. The quantitative estimate of drug-likeness (QED) is 0.244. The fourth-order valence-corrected chi connectivity index (χ4v) is 5.35. The smallest absolute Gasteiger partial charge is 0.271 e. The van der Waals surface area contributed by atoms with E-state index >= 15 is 0 Å². The number of halogens is 1. The van der Waals surface area contributed by atoms with Crippen LogP contribution in [0.25, 0.3) is 17.1 Å². The molecule has 3 aromatic carbocycles. The molecule has 1 N–H and O–H groups in total. The molecule has 0 atom stereocenters. The molecule has 10 heteroatoms. The molecule has 2 heterocycles. The lowest BCUT2D eigenvalue weighted by molar-refractivity contribution is 0.0946. The number of amides is 1. The Morgan fingerprint density at radius 1 is 1.05 bits per heavy atom. The fourth-order valence-electron chi connectivity index (χ4n) is 3.61. The Bertz CT molecular complexity index is 1500. The minimum atomic E-state index is -0.310. The third-order valence-electron chi connectivity index (χ3n) is 5.45. The Balaban J connectivity index is 1.31. The van der Waals surface area contributed by atoms with Crippen LogP contribution in [-0.4, -0.2) is 32.8 Å². The maximum atomic E-state index is 13.1. The molecule has 0 radical (unpaired) electrons. The monoisotopic (exact) mass is 531 g/mol. The first kappa shape index (κ1) is 24.7. The number of aromatic nitrogens is 4. The molecule has 2 aromatic heterocycles. The summed E-state index contributed by atoms with van der Waals surface area (Å²) in [6.45, 7) is 0.300. The molecule has 0 saturated heterocycles. The van der Waals surface area contributed by atoms with Crippen molar-refractivity contribution < 1.29 is 13.9 Å². The minimum absolute atomic E-state index is 0.274. The van der Waals surface area contributed by atoms with Crippen LogP contribution in [0.1, 0.15) is 21.1 Å². The Kier molecular flexibility index (Phi) is 7.57. The number of benzene rings is 3. The van der Waals surface area contributed by atoms with Crippen LogP contribution in [0.3, 0.4) is 0 Å². The standard InChI is InChI=1S/C27H22FN5O2S2/c1-35-22-9-5-6-19(14-22)25-31-32-27(33(25)21-7-3-2-4-8-21)37-17-24-30-23(16-36-24)26(34)29-15-18-10-12-20(28)13-11-18/h2-14,16H,15,17H2,1H3,(H,29,34). The van der Waals surface area contributed by atoms with Crippen molar-refractivity contribution in [3.05, 3.63) is 106 Å². The van der Waals surface area contributed by atoms with E-state index in [9.17, 15) is 9.18 Å². The zero-order valence-corrected chi connectivity index (χ0v) is 21.4. The first-order chi connectivity index (χ1) is 18.1. The van der Waals surface area contributed by atoms with Gasteiger partial charge in [0, 0.05) is 23.2 Å². The minimum Gasteiger partial charge on any atom is -0.497 e. The predicted octanol–water partition coefficient (Wildman–Crippen LogP) is 5.76. The van der Waals surface area contributed by atoms with E-state index in [4.69, 9.17) is 4.74 Å². The average Bonchev–Trinajstić information content (AvgIpc) is 3.59. The maximum absolute atomic E-state index is 13.1. The second-order valence-corrected chi connectivity index (χ2v) is 9.82. The number of nitrogens with zero attached hydrogens (tertiary/aromatic N) is 4. The van der Waals surface area contributed by atoms with Crippen LogP contribution >= 0.6 is 23.1 Å². The first-order valence-corrected chi connectivity index (χ1v) is 13.2. The Morgan fingerprint density at radius 3 is 2.65 bits per heavy atom. The number of hydrogen-bond donors (Lipinski definition) is 1. The fraction of sp³-hybridized carbons (Fsp3) is 0.111. The molecule has 0 fully saturated rings. The van der Waals surface area contributed by atoms with Crippen molar-refractivity contribution in [3.8, 4) is 22.8 Å². The number of carbonyl (C=O) groups excluding carboxylic acids is 1. The van der Waals surface area contributed by atoms with E-state index in [1.54, 1.807) is 24.6 Å². The molecule has 5 aromatic rings. The van der Waals surface area contributed by atoms with Gasteiger partial charge >= 0.3 is 0 Å². The number of rotatable bonds is 9. The van der Waals surface area contributed by atoms with Crippen molar-refractivity contribution in [2.75, 3.05) is 7.11 Å². The van der Waals surface area contributed by atoms with Gasteiger partial charge in [-0.05, 0) is 42.0 Å². The van der Waals surface area contributed by atoms with Crippen molar-refractivity contribution in [1.29, 1.82) is 0 Å². The van der Waals surface area contributed by atoms with Gasteiger partial charge in [-0.25, -0.2) is 9.37 Å². The third-order valence-corrected chi connectivity index (χ3v) is 7.42. The van der Waals surface area contributed by atoms with Crippen LogP contribution in [0.4, 0.5) is 4.39 Å². The van der Waals surface area contributed by atoms with Crippen LogP contribution in [-0.2, 0) is 12.3 Å². The topological polar surface area (TPSA) is 81.9 Å². The lowest BCUT2D eigenvalue weighted by Gasteiger charge is -2.10. The van der Waals surface area contributed by atoms with E-state index < -0.39 is 0 Å².